The molecule has 2 aliphatic heterocycles. The molecule has 1 aromatic carbocycles. The SMILES string of the molecule is CC1CCC(CN2CC(Cc3ccccc3)NCC2C)O1. The van der Waals surface area contributed by atoms with Gasteiger partial charge < -0.3 is 10.1 Å². The predicted octanol–water partition coefficient (Wildman–Crippen LogP) is 2.46. The van der Waals surface area contributed by atoms with Crippen LogP contribution in [0.1, 0.15) is 32.3 Å². The summed E-state index contributed by atoms with van der Waals surface area (Å²) < 4.78 is 6.00. The Kier molecular flexibility index (Phi) is 4.94. The lowest BCUT2D eigenvalue weighted by atomic mass is 10.0. The van der Waals surface area contributed by atoms with Crippen molar-refractivity contribution in [2.24, 2.45) is 0 Å². The molecule has 0 bridgehead atoms. The molecule has 3 rings (SSSR count). The Balaban J connectivity index is 1.54. The molecule has 0 aromatic heterocycles. The summed E-state index contributed by atoms with van der Waals surface area (Å²) in [6, 6.07) is 12.0. The Hall–Kier alpha value is -0.900. The first-order valence-corrected chi connectivity index (χ1v) is 8.37. The molecule has 0 radical (unpaired) electrons. The maximum absolute atomic E-state index is 6.00. The normalized spacial score (nSPS) is 34.2. The van der Waals surface area contributed by atoms with Gasteiger partial charge in [0.15, 0.2) is 0 Å². The number of hydrogen-bond donors (Lipinski definition) is 1. The van der Waals surface area contributed by atoms with Gasteiger partial charge in [0.1, 0.15) is 0 Å². The maximum Gasteiger partial charge on any atom is 0.0706 e. The van der Waals surface area contributed by atoms with Gasteiger partial charge in [0, 0.05) is 31.7 Å². The van der Waals surface area contributed by atoms with Crippen molar-refractivity contribution < 1.29 is 4.74 Å². The van der Waals surface area contributed by atoms with Crippen molar-refractivity contribution in [2.45, 2.75) is 57.4 Å². The lowest BCUT2D eigenvalue weighted by molar-refractivity contribution is 0.0135. The fraction of sp³-hybridized carbons (Fsp3) is 0.667. The zero-order chi connectivity index (χ0) is 14.7. The molecule has 116 valence electrons. The summed E-state index contributed by atoms with van der Waals surface area (Å²) in [4.78, 5) is 2.62. The average Bonchev–Trinajstić information content (AvgIpc) is 2.89. The molecular formula is C18H28N2O. The van der Waals surface area contributed by atoms with E-state index in [1.807, 2.05) is 0 Å². The monoisotopic (exact) mass is 288 g/mol. The maximum atomic E-state index is 6.00. The van der Waals surface area contributed by atoms with E-state index in [1.165, 1.54) is 18.4 Å². The second-order valence-electron chi connectivity index (χ2n) is 6.74. The molecule has 21 heavy (non-hydrogen) atoms. The Labute approximate surface area is 128 Å². The molecule has 4 atom stereocenters. The van der Waals surface area contributed by atoms with Gasteiger partial charge in [0.25, 0.3) is 0 Å². The molecule has 0 saturated carbocycles. The van der Waals surface area contributed by atoms with E-state index in [2.05, 4.69) is 54.4 Å². The Morgan fingerprint density at radius 3 is 2.71 bits per heavy atom. The van der Waals surface area contributed by atoms with Crippen molar-refractivity contribution in [1.82, 2.24) is 10.2 Å². The van der Waals surface area contributed by atoms with Crippen LogP contribution in [0, 0.1) is 0 Å². The minimum Gasteiger partial charge on any atom is -0.374 e. The smallest absolute Gasteiger partial charge is 0.0706 e. The molecule has 1 N–H and O–H groups in total. The van der Waals surface area contributed by atoms with Gasteiger partial charge in [0.2, 0.25) is 0 Å². The van der Waals surface area contributed by atoms with Gasteiger partial charge in [-0.3, -0.25) is 4.90 Å². The van der Waals surface area contributed by atoms with Crippen molar-refractivity contribution in [3.05, 3.63) is 35.9 Å². The second-order valence-corrected chi connectivity index (χ2v) is 6.74. The number of piperazine rings is 1. The molecule has 2 aliphatic rings. The molecule has 0 amide bonds. The molecule has 4 unspecified atom stereocenters. The first-order valence-electron chi connectivity index (χ1n) is 8.37. The van der Waals surface area contributed by atoms with Crippen LogP contribution in [0.5, 0.6) is 0 Å². The van der Waals surface area contributed by atoms with Crippen molar-refractivity contribution in [3.8, 4) is 0 Å². The van der Waals surface area contributed by atoms with Crippen LogP contribution in [0.2, 0.25) is 0 Å². The van der Waals surface area contributed by atoms with E-state index in [-0.39, 0.29) is 0 Å². The van der Waals surface area contributed by atoms with Crippen LogP contribution < -0.4 is 5.32 Å². The summed E-state index contributed by atoms with van der Waals surface area (Å²) >= 11 is 0. The topological polar surface area (TPSA) is 24.5 Å². The highest BCUT2D eigenvalue weighted by atomic mass is 16.5. The minimum atomic E-state index is 0.443. The van der Waals surface area contributed by atoms with Crippen LogP contribution in [0.15, 0.2) is 30.3 Å². The lowest BCUT2D eigenvalue weighted by Gasteiger charge is -2.40. The zero-order valence-electron chi connectivity index (χ0n) is 13.3. The summed E-state index contributed by atoms with van der Waals surface area (Å²) in [5, 5.41) is 3.70. The van der Waals surface area contributed by atoms with E-state index >= 15 is 0 Å². The molecule has 3 heteroatoms. The highest BCUT2D eigenvalue weighted by Gasteiger charge is 2.30. The van der Waals surface area contributed by atoms with Gasteiger partial charge in [-0.05, 0) is 38.7 Å². The molecule has 0 spiro atoms. The molecule has 3 nitrogen and oxygen atoms in total. The average molecular weight is 288 g/mol. The first-order chi connectivity index (χ1) is 10.2. The van der Waals surface area contributed by atoms with Crippen LogP contribution in [0.25, 0.3) is 0 Å². The number of rotatable bonds is 4. The molecular weight excluding hydrogens is 260 g/mol. The number of benzene rings is 1. The van der Waals surface area contributed by atoms with Gasteiger partial charge in [0.05, 0.1) is 12.2 Å². The molecule has 0 aliphatic carbocycles. The lowest BCUT2D eigenvalue weighted by Crippen LogP contribution is -2.57. The van der Waals surface area contributed by atoms with E-state index in [4.69, 9.17) is 4.74 Å². The third-order valence-electron chi connectivity index (χ3n) is 4.86. The quantitative estimate of drug-likeness (QED) is 0.921. The Morgan fingerprint density at radius 2 is 2.00 bits per heavy atom. The van der Waals surface area contributed by atoms with Crippen LogP contribution in [-0.2, 0) is 11.2 Å². The van der Waals surface area contributed by atoms with Crippen LogP contribution in [-0.4, -0.2) is 48.8 Å². The number of nitrogens with zero attached hydrogens (tertiary/aromatic N) is 1. The summed E-state index contributed by atoms with van der Waals surface area (Å²) in [6.45, 7) is 7.83. The summed E-state index contributed by atoms with van der Waals surface area (Å²) in [5.41, 5.74) is 1.43. The van der Waals surface area contributed by atoms with Gasteiger partial charge in [-0.25, -0.2) is 0 Å². The molecule has 2 fully saturated rings. The van der Waals surface area contributed by atoms with Crippen LogP contribution in [0.3, 0.4) is 0 Å². The van der Waals surface area contributed by atoms with Crippen LogP contribution >= 0.6 is 0 Å². The van der Waals surface area contributed by atoms with Gasteiger partial charge in [-0.2, -0.15) is 0 Å². The van der Waals surface area contributed by atoms with E-state index < -0.39 is 0 Å². The Bertz CT molecular complexity index is 436. The van der Waals surface area contributed by atoms with Gasteiger partial charge in [-0.15, -0.1) is 0 Å². The molecule has 2 heterocycles. The number of hydrogen-bond acceptors (Lipinski definition) is 3. The summed E-state index contributed by atoms with van der Waals surface area (Å²) in [7, 11) is 0. The second kappa shape index (κ2) is 6.91. The summed E-state index contributed by atoms with van der Waals surface area (Å²) in [6.07, 6.45) is 4.46. The van der Waals surface area contributed by atoms with Gasteiger partial charge >= 0.3 is 0 Å². The van der Waals surface area contributed by atoms with E-state index in [9.17, 15) is 0 Å². The zero-order valence-corrected chi connectivity index (χ0v) is 13.3. The third kappa shape index (κ3) is 4.06. The number of ether oxygens (including phenoxy) is 1. The van der Waals surface area contributed by atoms with E-state index in [0.717, 1.165) is 26.1 Å². The van der Waals surface area contributed by atoms with Crippen molar-refractivity contribution in [1.29, 1.82) is 0 Å². The third-order valence-corrected chi connectivity index (χ3v) is 4.86. The van der Waals surface area contributed by atoms with E-state index in [1.54, 1.807) is 0 Å². The molecule has 2 saturated heterocycles. The standard InChI is InChI=1S/C18H28N2O/c1-14-11-19-17(10-16-6-4-3-5-7-16)12-20(14)13-18-9-8-15(2)21-18/h3-7,14-15,17-19H,8-13H2,1-2H3. The van der Waals surface area contributed by atoms with Crippen LogP contribution in [0.4, 0.5) is 0 Å². The minimum absolute atomic E-state index is 0.443. The van der Waals surface area contributed by atoms with Crippen molar-refractivity contribution >= 4 is 0 Å². The predicted molar refractivity (Wildman–Crippen MR) is 86.5 cm³/mol. The first kappa shape index (κ1) is 15.0. The molecule has 1 aromatic rings. The van der Waals surface area contributed by atoms with Crippen molar-refractivity contribution in [2.75, 3.05) is 19.6 Å². The fourth-order valence-corrected chi connectivity index (χ4v) is 3.56. The Morgan fingerprint density at radius 1 is 1.19 bits per heavy atom. The highest BCUT2D eigenvalue weighted by Crippen LogP contribution is 2.21. The number of nitrogens with one attached hydrogen (secondary N) is 1. The largest absolute Gasteiger partial charge is 0.374 e. The van der Waals surface area contributed by atoms with E-state index in [0.29, 0.717) is 24.3 Å². The highest BCUT2D eigenvalue weighted by molar-refractivity contribution is 5.16. The fourth-order valence-electron chi connectivity index (χ4n) is 3.56. The summed E-state index contributed by atoms with van der Waals surface area (Å²) in [5.74, 6) is 0. The van der Waals surface area contributed by atoms with Gasteiger partial charge in [-0.1, -0.05) is 30.3 Å². The van der Waals surface area contributed by atoms with Crippen molar-refractivity contribution in [3.63, 3.8) is 0 Å².